The normalized spacial score (nSPS) is 26.1. The van der Waals surface area contributed by atoms with Crippen molar-refractivity contribution in [3.63, 3.8) is 0 Å². The molecule has 4 nitrogen and oxygen atoms in total. The lowest BCUT2D eigenvalue weighted by Crippen LogP contribution is -2.50. The highest BCUT2D eigenvalue weighted by atomic mass is 32.2. The third-order valence-electron chi connectivity index (χ3n) is 6.03. The molecule has 2 amide bonds. The van der Waals surface area contributed by atoms with Gasteiger partial charge in [0.2, 0.25) is 11.8 Å². The Morgan fingerprint density at radius 3 is 2.41 bits per heavy atom. The van der Waals surface area contributed by atoms with Crippen LogP contribution in [-0.4, -0.2) is 52.8 Å². The first-order valence-electron chi connectivity index (χ1n) is 9.97. The minimum absolute atomic E-state index is 0.0432. The fourth-order valence-corrected chi connectivity index (χ4v) is 5.15. The molecule has 3 aliphatic rings. The van der Waals surface area contributed by atoms with Gasteiger partial charge in [-0.05, 0) is 49.8 Å². The van der Waals surface area contributed by atoms with Gasteiger partial charge in [0.1, 0.15) is 5.82 Å². The summed E-state index contributed by atoms with van der Waals surface area (Å²) in [5, 5.41) is 0. The molecule has 0 N–H and O–H groups in total. The molecule has 3 fully saturated rings. The second-order valence-corrected chi connectivity index (χ2v) is 9.23. The van der Waals surface area contributed by atoms with E-state index in [1.807, 2.05) is 27.6 Å². The maximum Gasteiger partial charge on any atom is 0.227 e. The van der Waals surface area contributed by atoms with E-state index < -0.39 is 0 Å². The van der Waals surface area contributed by atoms with Crippen LogP contribution in [0.4, 0.5) is 4.39 Å². The molecule has 6 heteroatoms. The fourth-order valence-electron chi connectivity index (χ4n) is 4.24. The monoisotopic (exact) mass is 390 g/mol. The van der Waals surface area contributed by atoms with Crippen LogP contribution < -0.4 is 0 Å². The molecule has 2 saturated heterocycles. The van der Waals surface area contributed by atoms with Crippen LogP contribution in [0.3, 0.4) is 0 Å². The average Bonchev–Trinajstić information content (AvgIpc) is 3.54. The molecule has 4 rings (SSSR count). The van der Waals surface area contributed by atoms with Gasteiger partial charge in [0.25, 0.3) is 0 Å². The quantitative estimate of drug-likeness (QED) is 0.794. The molecule has 146 valence electrons. The second-order valence-electron chi connectivity index (χ2n) is 8.00. The Bertz CT molecular complexity index is 731. The van der Waals surface area contributed by atoms with Crippen LogP contribution in [0.1, 0.15) is 42.9 Å². The van der Waals surface area contributed by atoms with Crippen LogP contribution in [0, 0.1) is 24.6 Å². The summed E-state index contributed by atoms with van der Waals surface area (Å²) in [6.07, 6.45) is 3.46. The highest BCUT2D eigenvalue weighted by Gasteiger charge is 2.42. The number of nitrogens with zero attached hydrogens (tertiary/aromatic N) is 2. The van der Waals surface area contributed by atoms with Gasteiger partial charge >= 0.3 is 0 Å². The lowest BCUT2D eigenvalue weighted by Gasteiger charge is -2.41. The number of amides is 2. The zero-order chi connectivity index (χ0) is 19.0. The van der Waals surface area contributed by atoms with Crippen molar-refractivity contribution >= 4 is 23.6 Å². The molecule has 0 spiro atoms. The van der Waals surface area contributed by atoms with Crippen molar-refractivity contribution in [2.24, 2.45) is 11.8 Å². The van der Waals surface area contributed by atoms with Crippen molar-refractivity contribution in [3.8, 4) is 0 Å². The number of thioether (sulfide) groups is 1. The Morgan fingerprint density at radius 1 is 1.04 bits per heavy atom. The highest BCUT2D eigenvalue weighted by molar-refractivity contribution is 7.99. The van der Waals surface area contributed by atoms with Gasteiger partial charge in [-0.15, -0.1) is 0 Å². The number of hydrogen-bond acceptors (Lipinski definition) is 3. The van der Waals surface area contributed by atoms with Crippen LogP contribution in [0.25, 0.3) is 0 Å². The van der Waals surface area contributed by atoms with E-state index in [1.165, 1.54) is 6.07 Å². The Balaban J connectivity index is 1.53. The zero-order valence-electron chi connectivity index (χ0n) is 15.8. The van der Waals surface area contributed by atoms with Crippen LogP contribution in [0.2, 0.25) is 0 Å². The van der Waals surface area contributed by atoms with Gasteiger partial charge in [-0.3, -0.25) is 9.59 Å². The van der Waals surface area contributed by atoms with E-state index in [4.69, 9.17) is 0 Å². The summed E-state index contributed by atoms with van der Waals surface area (Å²) in [5.41, 5.74) is 1.60. The van der Waals surface area contributed by atoms with Crippen molar-refractivity contribution in [2.75, 3.05) is 31.1 Å². The molecule has 1 aromatic rings. The first-order chi connectivity index (χ1) is 13.0. The largest absolute Gasteiger partial charge is 0.341 e. The van der Waals surface area contributed by atoms with Gasteiger partial charge in [0.15, 0.2) is 0 Å². The summed E-state index contributed by atoms with van der Waals surface area (Å²) in [4.78, 5) is 29.8. The van der Waals surface area contributed by atoms with E-state index in [-0.39, 0.29) is 35.5 Å². The van der Waals surface area contributed by atoms with Gasteiger partial charge in [-0.25, -0.2) is 4.39 Å². The van der Waals surface area contributed by atoms with E-state index >= 15 is 0 Å². The van der Waals surface area contributed by atoms with E-state index in [1.54, 1.807) is 13.0 Å². The van der Waals surface area contributed by atoms with Crippen LogP contribution in [0.15, 0.2) is 18.2 Å². The number of aryl methyl sites for hydroxylation is 1. The van der Waals surface area contributed by atoms with E-state index in [2.05, 4.69) is 0 Å². The van der Waals surface area contributed by atoms with Crippen molar-refractivity contribution in [1.29, 1.82) is 0 Å². The summed E-state index contributed by atoms with van der Waals surface area (Å²) in [7, 11) is 0. The van der Waals surface area contributed by atoms with Gasteiger partial charge in [0, 0.05) is 37.1 Å². The van der Waals surface area contributed by atoms with Crippen molar-refractivity contribution in [1.82, 2.24) is 9.80 Å². The third-order valence-corrected chi connectivity index (χ3v) is 6.97. The van der Waals surface area contributed by atoms with Gasteiger partial charge in [0.05, 0.1) is 12.0 Å². The fraction of sp³-hybridized carbons (Fsp3) is 0.619. The summed E-state index contributed by atoms with van der Waals surface area (Å²) in [5.74, 6) is 2.18. The van der Waals surface area contributed by atoms with Gasteiger partial charge in [-0.2, -0.15) is 11.8 Å². The third kappa shape index (κ3) is 4.00. The molecule has 0 radical (unpaired) electrons. The number of rotatable bonds is 3. The van der Waals surface area contributed by atoms with Crippen LogP contribution in [-0.2, 0) is 9.59 Å². The SMILES string of the molecule is Cc1cc(C2CCC(C(=O)N3CCSCC3)CN2C(=O)C2CC2)ccc1F. The Labute approximate surface area is 164 Å². The molecule has 1 saturated carbocycles. The number of hydrogen-bond donors (Lipinski definition) is 0. The molecular formula is C21H27FN2O2S. The maximum atomic E-state index is 13.7. The molecule has 0 aromatic heterocycles. The van der Waals surface area contributed by atoms with E-state index in [9.17, 15) is 14.0 Å². The average molecular weight is 391 g/mol. The van der Waals surface area contributed by atoms with Crippen molar-refractivity contribution in [2.45, 2.75) is 38.6 Å². The maximum absolute atomic E-state index is 13.7. The summed E-state index contributed by atoms with van der Waals surface area (Å²) < 4.78 is 13.7. The van der Waals surface area contributed by atoms with Gasteiger partial charge in [-0.1, -0.05) is 12.1 Å². The molecule has 0 bridgehead atoms. The lowest BCUT2D eigenvalue weighted by molar-refractivity contribution is -0.144. The number of likely N-dealkylation sites (tertiary alicyclic amines) is 1. The summed E-state index contributed by atoms with van der Waals surface area (Å²) in [6.45, 7) is 3.89. The highest BCUT2D eigenvalue weighted by Crippen LogP contribution is 2.40. The number of halogens is 1. The Morgan fingerprint density at radius 2 is 1.74 bits per heavy atom. The standard InChI is InChI=1S/C21H27FN2O2S/c1-14-12-16(4-6-18(14)22)19-7-5-17(13-24(19)21(26)15-2-3-15)20(25)23-8-10-27-11-9-23/h4,6,12,15,17,19H,2-3,5,7-11,13H2,1H3. The first kappa shape index (κ1) is 18.8. The topological polar surface area (TPSA) is 40.6 Å². The predicted octanol–water partition coefficient (Wildman–Crippen LogP) is 3.40. The molecule has 2 atom stereocenters. The Hall–Kier alpha value is -1.56. The smallest absolute Gasteiger partial charge is 0.227 e. The second kappa shape index (κ2) is 7.82. The number of carbonyl (C=O) groups is 2. The molecule has 2 aliphatic heterocycles. The summed E-state index contributed by atoms with van der Waals surface area (Å²) >= 11 is 1.89. The summed E-state index contributed by atoms with van der Waals surface area (Å²) in [6, 6.07) is 5.10. The number of carbonyl (C=O) groups excluding carboxylic acids is 2. The predicted molar refractivity (Wildman–Crippen MR) is 105 cm³/mol. The van der Waals surface area contributed by atoms with Gasteiger partial charge < -0.3 is 9.80 Å². The molecule has 1 aliphatic carbocycles. The number of benzene rings is 1. The first-order valence-corrected chi connectivity index (χ1v) is 11.1. The molecule has 2 heterocycles. The van der Waals surface area contributed by atoms with Crippen molar-refractivity contribution in [3.05, 3.63) is 35.1 Å². The van der Waals surface area contributed by atoms with E-state index in [0.717, 1.165) is 55.8 Å². The molecular weight excluding hydrogens is 363 g/mol. The van der Waals surface area contributed by atoms with Crippen LogP contribution in [0.5, 0.6) is 0 Å². The molecule has 27 heavy (non-hydrogen) atoms. The lowest BCUT2D eigenvalue weighted by atomic mass is 9.87. The van der Waals surface area contributed by atoms with Crippen LogP contribution >= 0.6 is 11.8 Å². The minimum Gasteiger partial charge on any atom is -0.341 e. The zero-order valence-corrected chi connectivity index (χ0v) is 16.6. The number of piperidine rings is 1. The molecule has 2 unspecified atom stereocenters. The van der Waals surface area contributed by atoms with E-state index in [0.29, 0.717) is 12.1 Å². The Kier molecular flexibility index (Phi) is 5.44. The molecule has 1 aromatic carbocycles. The minimum atomic E-state index is -0.217. The van der Waals surface area contributed by atoms with Crippen molar-refractivity contribution < 1.29 is 14.0 Å².